The van der Waals surface area contributed by atoms with Crippen molar-refractivity contribution in [1.29, 1.82) is 0 Å². The Hall–Kier alpha value is -3.29. The first-order chi connectivity index (χ1) is 13.5. The fourth-order valence-corrected chi connectivity index (χ4v) is 3.31. The second-order valence-corrected chi connectivity index (χ2v) is 6.53. The molecular weight excluding hydrogens is 362 g/mol. The van der Waals surface area contributed by atoms with Gasteiger partial charge in [-0.15, -0.1) is 0 Å². The normalized spacial score (nSPS) is 13.7. The molecule has 3 rings (SSSR count). The minimum absolute atomic E-state index is 0.0947. The topological polar surface area (TPSA) is 93.9 Å². The number of nitrogens with zero attached hydrogens (tertiary/aromatic N) is 2. The average molecular weight is 385 g/mol. The van der Waals surface area contributed by atoms with E-state index >= 15 is 0 Å². The van der Waals surface area contributed by atoms with Crippen molar-refractivity contribution < 1.29 is 19.2 Å². The minimum atomic E-state index is -0.615. The summed E-state index contributed by atoms with van der Waals surface area (Å²) in [4.78, 5) is 25.8. The smallest absolute Gasteiger partial charge is 0.286 e. The number of hydrogen-bond acceptors (Lipinski definition) is 6. The van der Waals surface area contributed by atoms with E-state index in [2.05, 4.69) is 10.2 Å². The van der Waals surface area contributed by atoms with E-state index in [4.69, 9.17) is 9.47 Å². The monoisotopic (exact) mass is 385 g/mol. The van der Waals surface area contributed by atoms with Gasteiger partial charge in [0.25, 0.3) is 11.6 Å². The van der Waals surface area contributed by atoms with Crippen molar-refractivity contribution in [2.45, 2.75) is 19.3 Å². The highest BCUT2D eigenvalue weighted by Gasteiger charge is 2.24. The molecule has 1 saturated heterocycles. The van der Waals surface area contributed by atoms with Crippen molar-refractivity contribution in [1.82, 2.24) is 0 Å². The van der Waals surface area contributed by atoms with Gasteiger partial charge >= 0.3 is 0 Å². The number of nitro groups is 1. The third-order valence-corrected chi connectivity index (χ3v) is 4.79. The zero-order chi connectivity index (χ0) is 20.1. The molecule has 0 spiro atoms. The van der Waals surface area contributed by atoms with E-state index in [1.54, 1.807) is 12.1 Å². The molecule has 1 aliphatic heterocycles. The van der Waals surface area contributed by atoms with Crippen LogP contribution in [0.4, 0.5) is 17.1 Å². The van der Waals surface area contributed by atoms with Gasteiger partial charge in [-0.3, -0.25) is 14.9 Å². The molecule has 148 valence electrons. The van der Waals surface area contributed by atoms with Crippen molar-refractivity contribution in [3.05, 3.63) is 52.1 Å². The highest BCUT2D eigenvalue weighted by Crippen LogP contribution is 2.35. The number of carbonyl (C=O) groups excluding carboxylic acids is 1. The molecule has 0 unspecified atom stereocenters. The highest BCUT2D eigenvalue weighted by molar-refractivity contribution is 6.07. The molecule has 0 aromatic heterocycles. The quantitative estimate of drug-likeness (QED) is 0.599. The van der Waals surface area contributed by atoms with Gasteiger partial charge in [-0.1, -0.05) is 0 Å². The zero-order valence-corrected chi connectivity index (χ0v) is 15.9. The molecular formula is C20H23N3O5. The van der Waals surface area contributed by atoms with Crippen molar-refractivity contribution in [3.63, 3.8) is 0 Å². The Bertz CT molecular complexity index is 861. The van der Waals surface area contributed by atoms with E-state index in [0.29, 0.717) is 5.69 Å². The van der Waals surface area contributed by atoms with Crippen molar-refractivity contribution in [2.24, 2.45) is 0 Å². The molecule has 0 saturated carbocycles. The van der Waals surface area contributed by atoms with Crippen molar-refractivity contribution in [2.75, 3.05) is 37.5 Å². The van der Waals surface area contributed by atoms with Gasteiger partial charge in [0.15, 0.2) is 11.5 Å². The number of hydrogen-bond donors (Lipinski definition) is 1. The molecule has 2 aromatic carbocycles. The summed E-state index contributed by atoms with van der Waals surface area (Å²) in [5, 5.41) is 14.1. The number of piperidine rings is 1. The van der Waals surface area contributed by atoms with E-state index in [-0.39, 0.29) is 22.7 Å². The van der Waals surface area contributed by atoms with Gasteiger partial charge in [-0.25, -0.2) is 0 Å². The summed E-state index contributed by atoms with van der Waals surface area (Å²) >= 11 is 0. The maximum Gasteiger partial charge on any atom is 0.286 e. The fourth-order valence-electron chi connectivity index (χ4n) is 3.31. The summed E-state index contributed by atoms with van der Waals surface area (Å²) in [6, 6.07) is 10.00. The Balaban J connectivity index is 1.81. The Kier molecular flexibility index (Phi) is 5.98. The third kappa shape index (κ3) is 4.16. The number of ether oxygens (including phenoxy) is 2. The van der Waals surface area contributed by atoms with Crippen LogP contribution in [0.1, 0.15) is 29.6 Å². The van der Waals surface area contributed by atoms with Gasteiger partial charge < -0.3 is 19.7 Å². The number of rotatable bonds is 6. The summed E-state index contributed by atoms with van der Waals surface area (Å²) in [6.07, 6.45) is 3.62. The lowest BCUT2D eigenvalue weighted by atomic mass is 10.1. The lowest BCUT2D eigenvalue weighted by Crippen LogP contribution is -2.29. The van der Waals surface area contributed by atoms with Gasteiger partial charge in [0.2, 0.25) is 0 Å². The maximum atomic E-state index is 12.7. The Morgan fingerprint density at radius 3 is 2.21 bits per heavy atom. The van der Waals surface area contributed by atoms with Crippen LogP contribution in [-0.2, 0) is 0 Å². The van der Waals surface area contributed by atoms with Crippen LogP contribution >= 0.6 is 0 Å². The number of amides is 1. The molecule has 1 heterocycles. The number of methoxy groups -OCH3 is 2. The molecule has 1 aliphatic rings. The number of carbonyl (C=O) groups is 1. The van der Waals surface area contributed by atoms with Crippen LogP contribution in [0, 0.1) is 10.1 Å². The molecule has 2 aromatic rings. The lowest BCUT2D eigenvalue weighted by molar-refractivity contribution is -0.385. The van der Waals surface area contributed by atoms with Crippen LogP contribution in [0.25, 0.3) is 0 Å². The first-order valence-corrected chi connectivity index (χ1v) is 9.10. The summed E-state index contributed by atoms with van der Waals surface area (Å²) in [7, 11) is 2.79. The summed E-state index contributed by atoms with van der Waals surface area (Å²) in [5.41, 5.74) is 1.23. The van der Waals surface area contributed by atoms with E-state index < -0.39 is 10.8 Å². The third-order valence-electron chi connectivity index (χ3n) is 4.79. The highest BCUT2D eigenvalue weighted by atomic mass is 16.6. The summed E-state index contributed by atoms with van der Waals surface area (Å²) in [5.74, 6) is -0.145. The van der Waals surface area contributed by atoms with Gasteiger partial charge in [-0.05, 0) is 43.5 Å². The maximum absolute atomic E-state index is 12.7. The fraction of sp³-hybridized carbons (Fsp3) is 0.350. The second kappa shape index (κ2) is 8.60. The van der Waals surface area contributed by atoms with Gasteiger partial charge in [0.1, 0.15) is 5.56 Å². The number of nitro benzene ring substituents is 1. The molecule has 8 nitrogen and oxygen atoms in total. The molecule has 1 N–H and O–H groups in total. The van der Waals surface area contributed by atoms with E-state index in [9.17, 15) is 14.9 Å². The molecule has 28 heavy (non-hydrogen) atoms. The summed E-state index contributed by atoms with van der Waals surface area (Å²) < 4.78 is 10.2. The van der Waals surface area contributed by atoms with Crippen LogP contribution < -0.4 is 19.7 Å². The number of nitrogens with one attached hydrogen (secondary N) is 1. The van der Waals surface area contributed by atoms with Crippen LogP contribution in [-0.4, -0.2) is 38.1 Å². The van der Waals surface area contributed by atoms with Crippen LogP contribution in [0.2, 0.25) is 0 Å². The van der Waals surface area contributed by atoms with Crippen molar-refractivity contribution >= 4 is 23.0 Å². The molecule has 1 fully saturated rings. The second-order valence-electron chi connectivity index (χ2n) is 6.53. The lowest BCUT2D eigenvalue weighted by Gasteiger charge is -2.28. The van der Waals surface area contributed by atoms with Crippen LogP contribution in [0.15, 0.2) is 36.4 Å². The van der Waals surface area contributed by atoms with Crippen molar-refractivity contribution in [3.8, 4) is 11.5 Å². The SMILES string of the molecule is COc1cc(C(=O)Nc2ccc(N3CCCCC3)cc2)c([N+](=O)[O-])cc1OC. The molecule has 1 amide bonds. The average Bonchev–Trinajstić information content (AvgIpc) is 2.73. The molecule has 0 radical (unpaired) electrons. The van der Waals surface area contributed by atoms with E-state index in [1.165, 1.54) is 45.6 Å². The van der Waals surface area contributed by atoms with Gasteiger partial charge in [0.05, 0.1) is 25.2 Å². The molecule has 0 aliphatic carbocycles. The molecule has 8 heteroatoms. The predicted molar refractivity (Wildman–Crippen MR) is 107 cm³/mol. The number of anilines is 2. The first kappa shape index (κ1) is 19.5. The zero-order valence-electron chi connectivity index (χ0n) is 15.9. The minimum Gasteiger partial charge on any atom is -0.493 e. The standard InChI is InChI=1S/C20H23N3O5/c1-27-18-12-16(17(23(25)26)13-19(18)28-2)20(24)21-14-6-8-15(9-7-14)22-10-4-3-5-11-22/h6-9,12-13H,3-5,10-11H2,1-2H3,(H,21,24). The van der Waals surface area contributed by atoms with E-state index in [0.717, 1.165) is 18.8 Å². The van der Waals surface area contributed by atoms with E-state index in [1.807, 2.05) is 12.1 Å². The summed E-state index contributed by atoms with van der Waals surface area (Å²) in [6.45, 7) is 2.06. The molecule has 0 atom stereocenters. The number of benzene rings is 2. The Labute approximate surface area is 163 Å². The van der Waals surface area contributed by atoms with Crippen LogP contribution in [0.3, 0.4) is 0 Å². The Morgan fingerprint density at radius 2 is 1.64 bits per heavy atom. The van der Waals surface area contributed by atoms with Crippen LogP contribution in [0.5, 0.6) is 11.5 Å². The van der Waals surface area contributed by atoms with Gasteiger partial charge in [-0.2, -0.15) is 0 Å². The first-order valence-electron chi connectivity index (χ1n) is 9.10. The molecule has 0 bridgehead atoms. The largest absolute Gasteiger partial charge is 0.493 e. The Morgan fingerprint density at radius 1 is 1.04 bits per heavy atom. The van der Waals surface area contributed by atoms with Gasteiger partial charge in [0, 0.05) is 30.5 Å². The predicted octanol–water partition coefficient (Wildman–Crippen LogP) is 3.85.